The van der Waals surface area contributed by atoms with Crippen LogP contribution in [0, 0.1) is 5.41 Å². The molecule has 1 fully saturated rings. The Bertz CT molecular complexity index is 490. The van der Waals surface area contributed by atoms with Gasteiger partial charge < -0.3 is 10.0 Å². The van der Waals surface area contributed by atoms with Crippen molar-refractivity contribution in [2.45, 2.75) is 46.0 Å². The van der Waals surface area contributed by atoms with Crippen molar-refractivity contribution in [3.05, 3.63) is 18.1 Å². The van der Waals surface area contributed by atoms with Crippen LogP contribution in [0.4, 0.5) is 5.82 Å². The fourth-order valence-electron chi connectivity index (χ4n) is 2.88. The fraction of sp³-hybridized carbons (Fsp3) is 0.667. The van der Waals surface area contributed by atoms with Gasteiger partial charge >= 0.3 is 5.97 Å². The Morgan fingerprint density at radius 1 is 1.50 bits per heavy atom. The highest BCUT2D eigenvalue weighted by molar-refractivity contribution is 5.76. The Kier molecular flexibility index (Phi) is 4.26. The number of carboxylic acids is 1. The quantitative estimate of drug-likeness (QED) is 0.896. The van der Waals surface area contributed by atoms with E-state index in [0.717, 1.165) is 30.9 Å². The van der Waals surface area contributed by atoms with E-state index in [9.17, 15) is 9.90 Å². The van der Waals surface area contributed by atoms with Crippen molar-refractivity contribution in [3.63, 3.8) is 0 Å². The SMILES string of the molecule is CCCC1(C(=O)O)CCN(c2cc(C(C)C)ncn2)C1. The van der Waals surface area contributed by atoms with Gasteiger partial charge in [0.15, 0.2) is 0 Å². The number of aromatic nitrogens is 2. The second-order valence-corrected chi connectivity index (χ2v) is 5.96. The number of carboxylic acid groups (broad SMARTS) is 1. The van der Waals surface area contributed by atoms with E-state index in [4.69, 9.17) is 0 Å². The monoisotopic (exact) mass is 277 g/mol. The number of carbonyl (C=O) groups is 1. The molecule has 2 rings (SSSR count). The zero-order valence-electron chi connectivity index (χ0n) is 12.5. The van der Waals surface area contributed by atoms with E-state index in [1.54, 1.807) is 6.33 Å². The summed E-state index contributed by atoms with van der Waals surface area (Å²) in [6.45, 7) is 7.52. The number of rotatable bonds is 5. The molecule has 1 aliphatic rings. The summed E-state index contributed by atoms with van der Waals surface area (Å²) in [7, 11) is 0. The number of hydrogen-bond donors (Lipinski definition) is 1. The Labute approximate surface area is 120 Å². The van der Waals surface area contributed by atoms with Crippen LogP contribution in [0.3, 0.4) is 0 Å². The lowest BCUT2D eigenvalue weighted by atomic mass is 9.83. The van der Waals surface area contributed by atoms with E-state index >= 15 is 0 Å². The van der Waals surface area contributed by atoms with Crippen LogP contribution in [-0.4, -0.2) is 34.1 Å². The molecular weight excluding hydrogens is 254 g/mol. The lowest BCUT2D eigenvalue weighted by Crippen LogP contribution is -2.34. The van der Waals surface area contributed by atoms with Crippen molar-refractivity contribution < 1.29 is 9.90 Å². The molecule has 0 spiro atoms. The lowest BCUT2D eigenvalue weighted by Gasteiger charge is -2.24. The third-order valence-electron chi connectivity index (χ3n) is 4.13. The molecule has 110 valence electrons. The van der Waals surface area contributed by atoms with E-state index in [0.29, 0.717) is 18.9 Å². The molecular formula is C15H23N3O2. The summed E-state index contributed by atoms with van der Waals surface area (Å²) in [5.74, 6) is 0.516. The van der Waals surface area contributed by atoms with Crippen LogP contribution in [-0.2, 0) is 4.79 Å². The van der Waals surface area contributed by atoms with Crippen molar-refractivity contribution in [2.75, 3.05) is 18.0 Å². The van der Waals surface area contributed by atoms with Crippen LogP contribution in [0.1, 0.15) is 51.6 Å². The van der Waals surface area contributed by atoms with Crippen LogP contribution in [0.15, 0.2) is 12.4 Å². The number of anilines is 1. The van der Waals surface area contributed by atoms with E-state index < -0.39 is 11.4 Å². The van der Waals surface area contributed by atoms with Gasteiger partial charge in [-0.15, -0.1) is 0 Å². The topological polar surface area (TPSA) is 66.3 Å². The van der Waals surface area contributed by atoms with Crippen LogP contribution >= 0.6 is 0 Å². The van der Waals surface area contributed by atoms with Gasteiger partial charge in [0, 0.05) is 24.8 Å². The zero-order chi connectivity index (χ0) is 14.8. The molecule has 2 heterocycles. The first-order valence-corrected chi connectivity index (χ1v) is 7.29. The first-order valence-electron chi connectivity index (χ1n) is 7.29. The predicted molar refractivity (Wildman–Crippen MR) is 77.9 cm³/mol. The lowest BCUT2D eigenvalue weighted by molar-refractivity contribution is -0.148. The molecule has 1 saturated heterocycles. The summed E-state index contributed by atoms with van der Waals surface area (Å²) in [6, 6.07) is 1.98. The molecule has 0 aliphatic carbocycles. The largest absolute Gasteiger partial charge is 0.481 e. The molecule has 0 aromatic carbocycles. The minimum Gasteiger partial charge on any atom is -0.481 e. The van der Waals surface area contributed by atoms with Gasteiger partial charge in [-0.1, -0.05) is 27.2 Å². The standard InChI is InChI=1S/C15H23N3O2/c1-4-5-15(14(19)20)6-7-18(9-15)13-8-12(11(2)3)16-10-17-13/h8,10-11H,4-7,9H2,1-3H3,(H,19,20). The van der Waals surface area contributed by atoms with Gasteiger partial charge in [-0.2, -0.15) is 0 Å². The van der Waals surface area contributed by atoms with E-state index in [-0.39, 0.29) is 0 Å². The Morgan fingerprint density at radius 3 is 2.85 bits per heavy atom. The maximum atomic E-state index is 11.6. The van der Waals surface area contributed by atoms with Gasteiger partial charge in [0.25, 0.3) is 0 Å². The van der Waals surface area contributed by atoms with Gasteiger partial charge in [-0.05, 0) is 18.8 Å². The first-order chi connectivity index (χ1) is 9.48. The minimum atomic E-state index is -0.681. The molecule has 0 radical (unpaired) electrons. The van der Waals surface area contributed by atoms with Gasteiger partial charge in [0.05, 0.1) is 5.41 Å². The molecule has 1 aliphatic heterocycles. The highest BCUT2D eigenvalue weighted by Crippen LogP contribution is 2.37. The van der Waals surface area contributed by atoms with Crippen LogP contribution < -0.4 is 4.90 Å². The number of aliphatic carboxylic acids is 1. The van der Waals surface area contributed by atoms with E-state index in [2.05, 4.69) is 28.7 Å². The van der Waals surface area contributed by atoms with Crippen LogP contribution in [0.25, 0.3) is 0 Å². The maximum absolute atomic E-state index is 11.6. The van der Waals surface area contributed by atoms with Gasteiger partial charge in [0.2, 0.25) is 0 Å². The smallest absolute Gasteiger partial charge is 0.311 e. The molecule has 1 atom stereocenters. The normalized spacial score (nSPS) is 22.5. The molecule has 5 heteroatoms. The number of nitrogens with zero attached hydrogens (tertiary/aromatic N) is 3. The summed E-state index contributed by atoms with van der Waals surface area (Å²) in [4.78, 5) is 22.3. The summed E-state index contributed by atoms with van der Waals surface area (Å²) in [5.41, 5.74) is 0.385. The molecule has 5 nitrogen and oxygen atoms in total. The minimum absolute atomic E-state index is 0.347. The summed E-state index contributed by atoms with van der Waals surface area (Å²) >= 11 is 0. The van der Waals surface area contributed by atoms with E-state index in [1.807, 2.05) is 13.0 Å². The van der Waals surface area contributed by atoms with E-state index in [1.165, 1.54) is 0 Å². The van der Waals surface area contributed by atoms with Crippen LogP contribution in [0.5, 0.6) is 0 Å². The maximum Gasteiger partial charge on any atom is 0.311 e. The average Bonchev–Trinajstić information content (AvgIpc) is 2.85. The molecule has 1 unspecified atom stereocenters. The van der Waals surface area contributed by atoms with Crippen molar-refractivity contribution in [3.8, 4) is 0 Å². The zero-order valence-corrected chi connectivity index (χ0v) is 12.5. The van der Waals surface area contributed by atoms with Gasteiger partial charge in [-0.25, -0.2) is 9.97 Å². The molecule has 0 saturated carbocycles. The van der Waals surface area contributed by atoms with Crippen molar-refractivity contribution in [1.82, 2.24) is 9.97 Å². The fourth-order valence-corrected chi connectivity index (χ4v) is 2.88. The first kappa shape index (κ1) is 14.8. The van der Waals surface area contributed by atoms with Crippen molar-refractivity contribution in [2.24, 2.45) is 5.41 Å². The molecule has 20 heavy (non-hydrogen) atoms. The summed E-state index contributed by atoms with van der Waals surface area (Å²) in [5, 5.41) is 9.54. The molecule has 1 aromatic heterocycles. The predicted octanol–water partition coefficient (Wildman–Crippen LogP) is 2.68. The third-order valence-corrected chi connectivity index (χ3v) is 4.13. The highest BCUT2D eigenvalue weighted by Gasteiger charge is 2.44. The molecule has 0 amide bonds. The summed E-state index contributed by atoms with van der Waals surface area (Å²) < 4.78 is 0. The van der Waals surface area contributed by atoms with Crippen LogP contribution in [0.2, 0.25) is 0 Å². The average molecular weight is 277 g/mol. The van der Waals surface area contributed by atoms with Gasteiger partial charge in [-0.3, -0.25) is 4.79 Å². The van der Waals surface area contributed by atoms with Crippen molar-refractivity contribution >= 4 is 11.8 Å². The molecule has 1 aromatic rings. The summed E-state index contributed by atoms with van der Waals surface area (Å²) in [6.07, 6.45) is 3.88. The second kappa shape index (κ2) is 5.77. The Morgan fingerprint density at radius 2 is 2.25 bits per heavy atom. The Hall–Kier alpha value is -1.65. The molecule has 0 bridgehead atoms. The third kappa shape index (κ3) is 2.76. The molecule has 1 N–H and O–H groups in total. The van der Waals surface area contributed by atoms with Crippen molar-refractivity contribution in [1.29, 1.82) is 0 Å². The Balaban J connectivity index is 2.20. The second-order valence-electron chi connectivity index (χ2n) is 5.96. The highest BCUT2D eigenvalue weighted by atomic mass is 16.4. The van der Waals surface area contributed by atoms with Gasteiger partial charge in [0.1, 0.15) is 12.1 Å². The number of hydrogen-bond acceptors (Lipinski definition) is 4.